The maximum Gasteiger partial charge on any atom is 0.401 e. The fourth-order valence-corrected chi connectivity index (χ4v) is 3.35. The summed E-state index contributed by atoms with van der Waals surface area (Å²) in [5, 5.41) is 9.31. The highest BCUT2D eigenvalue weighted by Gasteiger charge is 2.66. The van der Waals surface area contributed by atoms with Gasteiger partial charge in [-0.3, -0.25) is 5.32 Å². The van der Waals surface area contributed by atoms with Gasteiger partial charge < -0.3 is 14.3 Å². The van der Waals surface area contributed by atoms with Crippen LogP contribution in [-0.2, 0) is 5.41 Å². The predicted molar refractivity (Wildman–Crippen MR) is 95.0 cm³/mol. The summed E-state index contributed by atoms with van der Waals surface area (Å²) in [6.45, 7) is 0. The molecule has 2 heterocycles. The van der Waals surface area contributed by atoms with E-state index in [4.69, 9.17) is 8.94 Å². The molecule has 0 radical (unpaired) electrons. The van der Waals surface area contributed by atoms with Gasteiger partial charge in [0.1, 0.15) is 5.41 Å². The molecule has 3 aromatic rings. The number of hydrogen-bond donors (Lipinski definition) is 2. The molecule has 0 unspecified atom stereocenters. The van der Waals surface area contributed by atoms with E-state index in [1.54, 1.807) is 12.1 Å². The number of furan rings is 1. The lowest BCUT2D eigenvalue weighted by Gasteiger charge is -2.14. The van der Waals surface area contributed by atoms with E-state index in [1.165, 1.54) is 6.26 Å². The number of nitrogens with zero attached hydrogens (tertiary/aromatic N) is 1. The van der Waals surface area contributed by atoms with Crippen LogP contribution in [0, 0.1) is 3.57 Å². The van der Waals surface area contributed by atoms with Crippen molar-refractivity contribution in [2.24, 2.45) is 0 Å². The van der Waals surface area contributed by atoms with E-state index < -0.39 is 17.6 Å². The summed E-state index contributed by atoms with van der Waals surface area (Å²) in [7, 11) is 0. The van der Waals surface area contributed by atoms with Crippen LogP contribution in [0.4, 0.5) is 29.5 Å². The number of aromatic nitrogens is 1. The Hall–Kier alpha value is -2.24. The first kappa shape index (κ1) is 17.2. The Morgan fingerprint density at radius 3 is 2.69 bits per heavy atom. The second kappa shape index (κ2) is 5.89. The van der Waals surface area contributed by atoms with Crippen molar-refractivity contribution in [2.75, 3.05) is 10.6 Å². The summed E-state index contributed by atoms with van der Waals surface area (Å²) < 4.78 is 50.4. The zero-order chi connectivity index (χ0) is 18.5. The highest BCUT2D eigenvalue weighted by atomic mass is 127. The number of alkyl halides is 3. The van der Waals surface area contributed by atoms with Gasteiger partial charge >= 0.3 is 12.2 Å². The van der Waals surface area contributed by atoms with Gasteiger partial charge in [-0.25, -0.2) is 4.79 Å². The van der Waals surface area contributed by atoms with Crippen molar-refractivity contribution in [3.05, 3.63) is 39.9 Å². The summed E-state index contributed by atoms with van der Waals surface area (Å²) in [4.78, 5) is 12.1. The molecule has 6 nitrogen and oxygen atoms in total. The maximum atomic E-state index is 13.1. The Balaban J connectivity index is 1.49. The number of rotatable bonds is 3. The van der Waals surface area contributed by atoms with Crippen LogP contribution in [0.5, 0.6) is 0 Å². The highest BCUT2D eigenvalue weighted by Crippen LogP contribution is 2.59. The lowest BCUT2D eigenvalue weighted by atomic mass is 10.0. The van der Waals surface area contributed by atoms with Gasteiger partial charge in [-0.1, -0.05) is 5.16 Å². The molecule has 26 heavy (non-hydrogen) atoms. The number of nitrogens with one attached hydrogen (secondary N) is 2. The van der Waals surface area contributed by atoms with E-state index in [-0.39, 0.29) is 24.4 Å². The molecule has 0 bridgehead atoms. The Kier molecular flexibility index (Phi) is 3.90. The van der Waals surface area contributed by atoms with Gasteiger partial charge in [-0.15, -0.1) is 0 Å². The Morgan fingerprint density at radius 2 is 2.00 bits per heavy atom. The molecule has 0 saturated heterocycles. The first-order valence-electron chi connectivity index (χ1n) is 7.58. The zero-order valence-electron chi connectivity index (χ0n) is 13.0. The van der Waals surface area contributed by atoms with Crippen molar-refractivity contribution in [1.82, 2.24) is 5.16 Å². The first-order valence-corrected chi connectivity index (χ1v) is 8.66. The van der Waals surface area contributed by atoms with Crippen molar-refractivity contribution in [3.63, 3.8) is 0 Å². The van der Waals surface area contributed by atoms with Gasteiger partial charge in [-0.05, 0) is 53.6 Å². The molecule has 1 aliphatic carbocycles. The third-order valence-electron chi connectivity index (χ3n) is 4.33. The van der Waals surface area contributed by atoms with Gasteiger partial charge in [0.2, 0.25) is 0 Å². The summed E-state index contributed by atoms with van der Waals surface area (Å²) >= 11 is 2.14. The molecule has 1 aromatic carbocycles. The molecule has 2 N–H and O–H groups in total. The maximum absolute atomic E-state index is 13.1. The van der Waals surface area contributed by atoms with Gasteiger partial charge in [-0.2, -0.15) is 13.2 Å². The van der Waals surface area contributed by atoms with E-state index in [2.05, 4.69) is 38.4 Å². The van der Waals surface area contributed by atoms with E-state index >= 15 is 0 Å². The molecular formula is C16H11F3IN3O3. The van der Waals surface area contributed by atoms with Crippen molar-refractivity contribution in [1.29, 1.82) is 0 Å². The molecule has 0 spiro atoms. The first-order chi connectivity index (χ1) is 12.3. The summed E-state index contributed by atoms with van der Waals surface area (Å²) in [6, 6.07) is 5.69. The number of benzene rings is 1. The van der Waals surface area contributed by atoms with Gasteiger partial charge in [0, 0.05) is 15.0 Å². The molecule has 10 heteroatoms. The largest absolute Gasteiger partial charge is 0.462 e. The standard InChI is InChI=1S/C16H11F3IN3O3/c17-16(18,19)15(4-5-15)11-7-12(23-26-11)22-14(24)21-10-2-1-9(20)8-3-6-25-13(8)10/h1-3,6-7H,4-5H2,(H2,21,22,23,24). The SMILES string of the molecule is O=C(Nc1cc(C2(C(F)(F)F)CC2)on1)Nc1ccc(I)c2ccoc12. The molecule has 0 atom stereocenters. The Labute approximate surface area is 158 Å². The summed E-state index contributed by atoms with van der Waals surface area (Å²) in [5.41, 5.74) is -1.05. The fourth-order valence-electron chi connectivity index (χ4n) is 2.75. The number of carbonyl (C=O) groups is 1. The van der Waals surface area contributed by atoms with Gasteiger partial charge in [0.25, 0.3) is 0 Å². The second-order valence-corrected chi connectivity index (χ2v) is 7.16. The van der Waals surface area contributed by atoms with Crippen LogP contribution in [0.25, 0.3) is 11.0 Å². The number of urea groups is 1. The normalized spacial score (nSPS) is 15.8. The molecule has 4 rings (SSSR count). The van der Waals surface area contributed by atoms with E-state index in [9.17, 15) is 18.0 Å². The van der Waals surface area contributed by atoms with Crippen LogP contribution < -0.4 is 10.6 Å². The highest BCUT2D eigenvalue weighted by molar-refractivity contribution is 14.1. The van der Waals surface area contributed by atoms with Crippen molar-refractivity contribution >= 4 is 51.1 Å². The van der Waals surface area contributed by atoms with E-state index in [1.807, 2.05) is 6.07 Å². The molecule has 1 fully saturated rings. The molecular weight excluding hydrogens is 466 g/mol. The average Bonchev–Trinajstić information content (AvgIpc) is 3.02. The van der Waals surface area contributed by atoms with E-state index in [0.717, 1.165) is 15.0 Å². The number of anilines is 2. The number of amides is 2. The van der Waals surface area contributed by atoms with Crippen LogP contribution in [0.2, 0.25) is 0 Å². The Bertz CT molecular complexity index is 991. The van der Waals surface area contributed by atoms with Crippen LogP contribution in [0.15, 0.2) is 39.5 Å². The van der Waals surface area contributed by atoms with Gasteiger partial charge in [0.15, 0.2) is 17.2 Å². The number of hydrogen-bond acceptors (Lipinski definition) is 4. The third kappa shape index (κ3) is 2.81. The molecule has 1 saturated carbocycles. The second-order valence-electron chi connectivity index (χ2n) is 5.99. The lowest BCUT2D eigenvalue weighted by Crippen LogP contribution is -2.28. The topological polar surface area (TPSA) is 80.3 Å². The average molecular weight is 477 g/mol. The number of halogens is 4. The van der Waals surface area contributed by atoms with Crippen LogP contribution in [-0.4, -0.2) is 17.4 Å². The van der Waals surface area contributed by atoms with Crippen molar-refractivity contribution < 1.29 is 26.9 Å². The number of fused-ring (bicyclic) bond motifs is 1. The molecule has 0 aliphatic heterocycles. The Morgan fingerprint density at radius 1 is 1.23 bits per heavy atom. The molecule has 2 amide bonds. The lowest BCUT2D eigenvalue weighted by molar-refractivity contribution is -0.165. The molecule has 136 valence electrons. The summed E-state index contributed by atoms with van der Waals surface area (Å²) in [6.07, 6.45) is -2.99. The minimum absolute atomic E-state index is 0.0452. The molecule has 1 aliphatic rings. The van der Waals surface area contributed by atoms with Crippen LogP contribution in [0.1, 0.15) is 18.6 Å². The minimum atomic E-state index is -4.40. The fraction of sp³-hybridized carbons (Fsp3) is 0.250. The van der Waals surface area contributed by atoms with Crippen LogP contribution in [0.3, 0.4) is 0 Å². The van der Waals surface area contributed by atoms with Crippen molar-refractivity contribution in [2.45, 2.75) is 24.4 Å². The third-order valence-corrected chi connectivity index (χ3v) is 5.27. The quantitative estimate of drug-likeness (QED) is 0.505. The predicted octanol–water partition coefficient (Wildman–Crippen LogP) is 5.26. The molecule has 2 aromatic heterocycles. The van der Waals surface area contributed by atoms with Crippen molar-refractivity contribution in [3.8, 4) is 0 Å². The van der Waals surface area contributed by atoms with E-state index in [0.29, 0.717) is 11.3 Å². The van der Waals surface area contributed by atoms with Gasteiger partial charge in [0.05, 0.1) is 12.0 Å². The monoisotopic (exact) mass is 477 g/mol. The number of carbonyl (C=O) groups excluding carboxylic acids is 1. The summed E-state index contributed by atoms with van der Waals surface area (Å²) in [5.74, 6) is -0.378. The smallest absolute Gasteiger partial charge is 0.401 e. The zero-order valence-corrected chi connectivity index (χ0v) is 15.1. The minimum Gasteiger partial charge on any atom is -0.462 e. The van der Waals surface area contributed by atoms with Crippen LogP contribution >= 0.6 is 22.6 Å².